The molecule has 1 aliphatic heterocycles. The van der Waals surface area contributed by atoms with E-state index < -0.39 is 0 Å². The molecule has 0 bridgehead atoms. The van der Waals surface area contributed by atoms with Gasteiger partial charge in [0.1, 0.15) is 5.75 Å². The molecule has 3 rings (SSSR count). The predicted molar refractivity (Wildman–Crippen MR) is 147 cm³/mol. The van der Waals surface area contributed by atoms with E-state index >= 15 is 0 Å². The van der Waals surface area contributed by atoms with Crippen LogP contribution in [0.3, 0.4) is 0 Å². The first-order valence-electron chi connectivity index (χ1n) is 13.9. The zero-order valence-corrected chi connectivity index (χ0v) is 22.1. The van der Waals surface area contributed by atoms with E-state index in [-0.39, 0.29) is 6.29 Å². The molecule has 0 unspecified atom stereocenters. The lowest BCUT2D eigenvalue weighted by Gasteiger charge is -2.30. The molecule has 0 amide bonds. The molecule has 1 heterocycles. The van der Waals surface area contributed by atoms with E-state index in [2.05, 4.69) is 69.0 Å². The van der Waals surface area contributed by atoms with Crippen LogP contribution in [0, 0.1) is 11.8 Å². The normalized spacial score (nSPS) is 18.8. The molecular formula is C32H46O3. The van der Waals surface area contributed by atoms with Crippen molar-refractivity contribution >= 4 is 0 Å². The second-order valence-electron chi connectivity index (χ2n) is 10.1. The molecule has 1 aliphatic rings. The van der Waals surface area contributed by atoms with Gasteiger partial charge < -0.3 is 14.2 Å². The summed E-state index contributed by atoms with van der Waals surface area (Å²) in [5.41, 5.74) is 3.48. The molecule has 0 radical (unpaired) electrons. The van der Waals surface area contributed by atoms with Gasteiger partial charge in [-0.25, -0.2) is 0 Å². The number of benzene rings is 2. The Hall–Kier alpha value is -2.10. The number of ether oxygens (including phenoxy) is 3. The van der Waals surface area contributed by atoms with Crippen LogP contribution < -0.4 is 4.74 Å². The number of hydrogen-bond donors (Lipinski definition) is 0. The van der Waals surface area contributed by atoms with Crippen molar-refractivity contribution in [2.24, 2.45) is 11.8 Å². The van der Waals surface area contributed by atoms with Crippen LogP contribution >= 0.6 is 0 Å². The van der Waals surface area contributed by atoms with Gasteiger partial charge in [0.05, 0.1) is 19.8 Å². The summed E-state index contributed by atoms with van der Waals surface area (Å²) in [5, 5.41) is 0. The molecule has 0 aromatic heterocycles. The van der Waals surface area contributed by atoms with Crippen LogP contribution in [-0.2, 0) is 9.47 Å². The van der Waals surface area contributed by atoms with E-state index in [4.69, 9.17) is 14.2 Å². The SMILES string of the molecule is C=CCCCCCCCOc1ccc(-c2ccc(C3OCC(CCC[C@@H](C)CC)CO3)cc2)cc1. The number of hydrogen-bond acceptors (Lipinski definition) is 3. The van der Waals surface area contributed by atoms with Gasteiger partial charge in [-0.3, -0.25) is 0 Å². The Balaban J connectivity index is 1.37. The second kappa shape index (κ2) is 15.8. The molecule has 1 atom stereocenters. The van der Waals surface area contributed by atoms with Crippen molar-refractivity contribution in [1.82, 2.24) is 0 Å². The maximum atomic E-state index is 6.06. The standard InChI is InChI=1S/C32H46O3/c1-4-6-7-8-9-10-11-23-33-31-21-19-29(20-22-31)28-15-17-30(18-16-28)32-34-24-27(25-35-32)14-12-13-26(3)5-2/h4,15-22,26-27,32H,1,5-14,23-25H2,2-3H3/t26-,27?,32?/m0/s1. The van der Waals surface area contributed by atoms with Crippen molar-refractivity contribution in [3.05, 3.63) is 66.7 Å². The number of allylic oxidation sites excluding steroid dienone is 1. The van der Waals surface area contributed by atoms with Crippen LogP contribution in [-0.4, -0.2) is 19.8 Å². The first kappa shape index (κ1) is 27.5. The first-order chi connectivity index (χ1) is 17.2. The van der Waals surface area contributed by atoms with Gasteiger partial charge in [-0.15, -0.1) is 6.58 Å². The maximum absolute atomic E-state index is 6.06. The van der Waals surface area contributed by atoms with Crippen molar-refractivity contribution in [2.45, 2.75) is 84.3 Å². The van der Waals surface area contributed by atoms with E-state index in [1.165, 1.54) is 62.5 Å². The van der Waals surface area contributed by atoms with Crippen molar-refractivity contribution < 1.29 is 14.2 Å². The van der Waals surface area contributed by atoms with Crippen LogP contribution in [0.1, 0.15) is 89.9 Å². The van der Waals surface area contributed by atoms with Gasteiger partial charge in [-0.1, -0.05) is 94.8 Å². The summed E-state index contributed by atoms with van der Waals surface area (Å²) < 4.78 is 18.0. The first-order valence-corrected chi connectivity index (χ1v) is 13.9. The molecule has 0 aliphatic carbocycles. The highest BCUT2D eigenvalue weighted by atomic mass is 16.7. The summed E-state index contributed by atoms with van der Waals surface area (Å²) in [6.45, 7) is 10.8. The molecule has 0 spiro atoms. The Morgan fingerprint density at radius 2 is 1.51 bits per heavy atom. The van der Waals surface area contributed by atoms with E-state index in [9.17, 15) is 0 Å². The van der Waals surface area contributed by atoms with E-state index in [1.807, 2.05) is 6.08 Å². The van der Waals surface area contributed by atoms with Gasteiger partial charge >= 0.3 is 0 Å². The quantitative estimate of drug-likeness (QED) is 0.178. The van der Waals surface area contributed by atoms with Gasteiger partial charge in [-0.2, -0.15) is 0 Å². The zero-order valence-electron chi connectivity index (χ0n) is 22.1. The molecule has 2 aromatic rings. The Labute approximate surface area is 213 Å². The minimum absolute atomic E-state index is 0.243. The van der Waals surface area contributed by atoms with Crippen LogP contribution in [0.4, 0.5) is 0 Å². The third-order valence-electron chi connectivity index (χ3n) is 7.16. The molecule has 0 N–H and O–H groups in total. The summed E-state index contributed by atoms with van der Waals surface area (Å²) in [6.07, 6.45) is 14.1. The topological polar surface area (TPSA) is 27.7 Å². The average molecular weight is 479 g/mol. The van der Waals surface area contributed by atoms with Gasteiger partial charge in [0.15, 0.2) is 6.29 Å². The second-order valence-corrected chi connectivity index (χ2v) is 10.1. The van der Waals surface area contributed by atoms with E-state index in [0.717, 1.165) is 49.9 Å². The van der Waals surface area contributed by atoms with Crippen molar-refractivity contribution in [2.75, 3.05) is 19.8 Å². The fourth-order valence-electron chi connectivity index (χ4n) is 4.55. The summed E-state index contributed by atoms with van der Waals surface area (Å²) in [5.74, 6) is 2.29. The molecule has 3 nitrogen and oxygen atoms in total. The van der Waals surface area contributed by atoms with Crippen LogP contribution in [0.2, 0.25) is 0 Å². The van der Waals surface area contributed by atoms with Gasteiger partial charge in [0, 0.05) is 11.5 Å². The third kappa shape index (κ3) is 9.82. The highest BCUT2D eigenvalue weighted by Crippen LogP contribution is 2.30. The lowest BCUT2D eigenvalue weighted by atomic mass is 9.96. The predicted octanol–water partition coefficient (Wildman–Crippen LogP) is 9.14. The van der Waals surface area contributed by atoms with Crippen LogP contribution in [0.25, 0.3) is 11.1 Å². The molecular weight excluding hydrogens is 432 g/mol. The Kier molecular flexibility index (Phi) is 12.4. The Bertz CT molecular complexity index is 819. The smallest absolute Gasteiger partial charge is 0.183 e. The molecule has 3 heteroatoms. The fourth-order valence-corrected chi connectivity index (χ4v) is 4.55. The molecule has 1 fully saturated rings. The number of rotatable bonds is 16. The largest absolute Gasteiger partial charge is 0.494 e. The third-order valence-corrected chi connectivity index (χ3v) is 7.16. The molecule has 35 heavy (non-hydrogen) atoms. The van der Waals surface area contributed by atoms with Gasteiger partial charge in [-0.05, 0) is 54.9 Å². The van der Waals surface area contributed by atoms with Crippen LogP contribution in [0.15, 0.2) is 61.2 Å². The monoisotopic (exact) mass is 478 g/mol. The van der Waals surface area contributed by atoms with Crippen molar-refractivity contribution in [3.8, 4) is 16.9 Å². The summed E-state index contributed by atoms with van der Waals surface area (Å²) in [4.78, 5) is 0. The Morgan fingerprint density at radius 3 is 2.17 bits per heavy atom. The van der Waals surface area contributed by atoms with Gasteiger partial charge in [0.2, 0.25) is 0 Å². The molecule has 1 saturated heterocycles. The Morgan fingerprint density at radius 1 is 0.886 bits per heavy atom. The highest BCUT2D eigenvalue weighted by Gasteiger charge is 2.23. The van der Waals surface area contributed by atoms with Crippen LogP contribution in [0.5, 0.6) is 5.75 Å². The highest BCUT2D eigenvalue weighted by molar-refractivity contribution is 5.64. The summed E-state index contributed by atoms with van der Waals surface area (Å²) >= 11 is 0. The maximum Gasteiger partial charge on any atom is 0.183 e. The summed E-state index contributed by atoms with van der Waals surface area (Å²) in [6, 6.07) is 17.0. The lowest BCUT2D eigenvalue weighted by molar-refractivity contribution is -0.206. The number of unbranched alkanes of at least 4 members (excludes halogenated alkanes) is 5. The summed E-state index contributed by atoms with van der Waals surface area (Å²) in [7, 11) is 0. The van der Waals surface area contributed by atoms with Crippen molar-refractivity contribution in [3.63, 3.8) is 0 Å². The van der Waals surface area contributed by atoms with E-state index in [0.29, 0.717) is 5.92 Å². The molecule has 0 saturated carbocycles. The van der Waals surface area contributed by atoms with Gasteiger partial charge in [0.25, 0.3) is 0 Å². The molecule has 192 valence electrons. The van der Waals surface area contributed by atoms with Crippen molar-refractivity contribution in [1.29, 1.82) is 0 Å². The average Bonchev–Trinajstić information content (AvgIpc) is 2.91. The minimum atomic E-state index is -0.243. The zero-order chi connectivity index (χ0) is 24.7. The molecule has 2 aromatic carbocycles. The lowest BCUT2D eigenvalue weighted by Crippen LogP contribution is -2.27. The minimum Gasteiger partial charge on any atom is -0.494 e. The van der Waals surface area contributed by atoms with E-state index in [1.54, 1.807) is 0 Å². The fraction of sp³-hybridized carbons (Fsp3) is 0.562.